The largest absolute Gasteiger partial charge is 0.350 e. The molecule has 1 fully saturated rings. The van der Waals surface area contributed by atoms with E-state index in [0.29, 0.717) is 5.82 Å². The van der Waals surface area contributed by atoms with Crippen LogP contribution in [0.5, 0.6) is 0 Å². The second kappa shape index (κ2) is 13.7. The molecule has 0 aliphatic carbocycles. The lowest BCUT2D eigenvalue weighted by atomic mass is 9.96. The average Bonchev–Trinajstić information content (AvgIpc) is 2.96. The first-order valence-corrected chi connectivity index (χ1v) is 16.2. The van der Waals surface area contributed by atoms with Gasteiger partial charge in [-0.15, -0.1) is 0 Å². The van der Waals surface area contributed by atoms with Crippen LogP contribution < -0.4 is 5.32 Å². The second-order valence-corrected chi connectivity index (χ2v) is 13.5. The first-order valence-electron chi connectivity index (χ1n) is 14.2. The Labute approximate surface area is 251 Å². The number of hydrogen-bond donors (Lipinski definition) is 1. The number of benzene rings is 2. The van der Waals surface area contributed by atoms with Crippen LogP contribution in [0, 0.1) is 17.6 Å². The number of nitrogens with zero attached hydrogens (tertiary/aromatic N) is 4. The molecule has 1 saturated heterocycles. The molecule has 3 aromatic rings. The van der Waals surface area contributed by atoms with Gasteiger partial charge in [0.2, 0.25) is 11.8 Å². The summed E-state index contributed by atoms with van der Waals surface area (Å²) in [7, 11) is -3.45. The Kier molecular flexibility index (Phi) is 10.2. The number of sulfone groups is 1. The van der Waals surface area contributed by atoms with E-state index < -0.39 is 45.5 Å². The summed E-state index contributed by atoms with van der Waals surface area (Å²) in [6.45, 7) is 5.63. The Morgan fingerprint density at radius 2 is 1.63 bits per heavy atom. The van der Waals surface area contributed by atoms with Gasteiger partial charge in [-0.25, -0.2) is 27.2 Å². The van der Waals surface area contributed by atoms with E-state index in [1.165, 1.54) is 11.0 Å². The Morgan fingerprint density at radius 3 is 2.21 bits per heavy atom. The fourth-order valence-electron chi connectivity index (χ4n) is 5.44. The van der Waals surface area contributed by atoms with E-state index in [-0.39, 0.29) is 49.2 Å². The molecule has 43 heavy (non-hydrogen) atoms. The second-order valence-electron chi connectivity index (χ2n) is 11.3. The zero-order chi connectivity index (χ0) is 31.3. The summed E-state index contributed by atoms with van der Waals surface area (Å²) in [6.07, 6.45) is 4.30. The van der Waals surface area contributed by atoms with Gasteiger partial charge in [0.05, 0.1) is 5.75 Å². The maximum absolute atomic E-state index is 15.0. The number of aromatic nitrogens is 2. The molecule has 1 aliphatic rings. The number of piperazine rings is 1. The summed E-state index contributed by atoms with van der Waals surface area (Å²) in [6, 6.07) is 10.2. The summed E-state index contributed by atoms with van der Waals surface area (Å²) < 4.78 is 54.2. The first kappa shape index (κ1) is 32.2. The standard InChI is InChI=1S/C31H37F2N5O4S/c1-20(2)31(40)38-21(3)18-37(26(13-16-43(4,41)42)28-24(32)7-5-8-25(28)33)19-27(38)30(39)36-17-22-9-11-23(12-10-22)29-34-14-6-15-35-29/h5-12,14-15,20-21,26-27H,13,16-19H2,1-4H3,(H,36,39)/t21-,26-,27-/m1/s1. The maximum atomic E-state index is 15.0. The van der Waals surface area contributed by atoms with Crippen molar-refractivity contribution in [3.63, 3.8) is 0 Å². The molecule has 1 aromatic heterocycles. The van der Waals surface area contributed by atoms with E-state index in [1.54, 1.807) is 44.1 Å². The Bertz CT molecular complexity index is 1520. The summed E-state index contributed by atoms with van der Waals surface area (Å²) in [5, 5.41) is 2.92. The molecule has 12 heteroatoms. The lowest BCUT2D eigenvalue weighted by Gasteiger charge is -2.48. The Hall–Kier alpha value is -3.77. The molecular formula is C31H37F2N5O4S. The zero-order valence-electron chi connectivity index (χ0n) is 24.7. The summed E-state index contributed by atoms with van der Waals surface area (Å²) in [4.78, 5) is 38.7. The molecule has 0 bridgehead atoms. The van der Waals surface area contributed by atoms with Crippen LogP contribution in [0.15, 0.2) is 60.9 Å². The van der Waals surface area contributed by atoms with Gasteiger partial charge in [-0.2, -0.15) is 0 Å². The lowest BCUT2D eigenvalue weighted by molar-refractivity contribution is -0.151. The summed E-state index contributed by atoms with van der Waals surface area (Å²) >= 11 is 0. The van der Waals surface area contributed by atoms with Crippen molar-refractivity contribution in [3.05, 3.63) is 83.7 Å². The molecular weight excluding hydrogens is 576 g/mol. The minimum atomic E-state index is -3.45. The average molecular weight is 614 g/mol. The predicted molar refractivity (Wildman–Crippen MR) is 159 cm³/mol. The van der Waals surface area contributed by atoms with E-state index in [1.807, 2.05) is 24.3 Å². The van der Waals surface area contributed by atoms with Gasteiger partial charge in [0.25, 0.3) is 0 Å². The summed E-state index contributed by atoms with van der Waals surface area (Å²) in [5.74, 6) is -2.34. The molecule has 3 atom stereocenters. The van der Waals surface area contributed by atoms with E-state index in [2.05, 4.69) is 15.3 Å². The number of carbonyl (C=O) groups is 2. The van der Waals surface area contributed by atoms with Crippen LogP contribution in [0.25, 0.3) is 11.4 Å². The fourth-order valence-corrected chi connectivity index (χ4v) is 6.09. The highest BCUT2D eigenvalue weighted by Gasteiger charge is 2.43. The maximum Gasteiger partial charge on any atom is 0.244 e. The van der Waals surface area contributed by atoms with Crippen molar-refractivity contribution in [1.29, 1.82) is 0 Å². The van der Waals surface area contributed by atoms with Crippen molar-refractivity contribution in [3.8, 4) is 11.4 Å². The Balaban J connectivity index is 1.59. The smallest absolute Gasteiger partial charge is 0.244 e. The van der Waals surface area contributed by atoms with Gasteiger partial charge >= 0.3 is 0 Å². The van der Waals surface area contributed by atoms with Crippen LogP contribution in [0.2, 0.25) is 0 Å². The van der Waals surface area contributed by atoms with Crippen LogP contribution in [-0.2, 0) is 26.0 Å². The Morgan fingerprint density at radius 1 is 1.00 bits per heavy atom. The third-order valence-corrected chi connectivity index (χ3v) is 8.53. The molecule has 0 spiro atoms. The monoisotopic (exact) mass is 613 g/mol. The van der Waals surface area contributed by atoms with Gasteiger partial charge in [-0.05, 0) is 37.1 Å². The molecule has 1 N–H and O–H groups in total. The quantitative estimate of drug-likeness (QED) is 0.371. The van der Waals surface area contributed by atoms with Crippen molar-refractivity contribution in [2.75, 3.05) is 25.1 Å². The van der Waals surface area contributed by atoms with Gasteiger partial charge in [0.1, 0.15) is 27.5 Å². The normalized spacial score (nSPS) is 18.4. The lowest BCUT2D eigenvalue weighted by Crippen LogP contribution is -2.65. The molecule has 9 nitrogen and oxygen atoms in total. The number of amides is 2. The predicted octanol–water partition coefficient (Wildman–Crippen LogP) is 3.77. The molecule has 2 aromatic carbocycles. The van der Waals surface area contributed by atoms with E-state index >= 15 is 8.78 Å². The van der Waals surface area contributed by atoms with E-state index in [0.717, 1.165) is 29.5 Å². The zero-order valence-corrected chi connectivity index (χ0v) is 25.5. The first-order chi connectivity index (χ1) is 20.4. The van der Waals surface area contributed by atoms with Crippen molar-refractivity contribution in [2.24, 2.45) is 5.92 Å². The minimum Gasteiger partial charge on any atom is -0.350 e. The highest BCUT2D eigenvalue weighted by molar-refractivity contribution is 7.90. The molecule has 4 rings (SSSR count). The van der Waals surface area contributed by atoms with Crippen LogP contribution in [-0.4, -0.2) is 77.2 Å². The van der Waals surface area contributed by atoms with Crippen molar-refractivity contribution < 1.29 is 26.8 Å². The van der Waals surface area contributed by atoms with Gasteiger partial charge in [-0.3, -0.25) is 14.5 Å². The molecule has 0 radical (unpaired) electrons. The minimum absolute atomic E-state index is 0.0267. The third-order valence-electron chi connectivity index (χ3n) is 7.55. The van der Waals surface area contributed by atoms with Gasteiger partial charge in [0, 0.05) is 67.4 Å². The number of carbonyl (C=O) groups excluding carboxylic acids is 2. The number of rotatable bonds is 10. The van der Waals surface area contributed by atoms with Gasteiger partial charge in [-0.1, -0.05) is 44.2 Å². The molecule has 1 aliphatic heterocycles. The molecule has 2 amide bonds. The highest BCUT2D eigenvalue weighted by Crippen LogP contribution is 2.33. The van der Waals surface area contributed by atoms with Crippen LogP contribution in [0.1, 0.15) is 44.4 Å². The number of nitrogens with one attached hydrogen (secondary N) is 1. The van der Waals surface area contributed by atoms with Crippen molar-refractivity contribution in [2.45, 2.75) is 51.9 Å². The van der Waals surface area contributed by atoms with Crippen molar-refractivity contribution in [1.82, 2.24) is 25.1 Å². The van der Waals surface area contributed by atoms with E-state index in [4.69, 9.17) is 0 Å². The topological polar surface area (TPSA) is 113 Å². The van der Waals surface area contributed by atoms with Gasteiger partial charge in [0.15, 0.2) is 5.82 Å². The number of halogens is 2. The SMILES string of the molecule is CC(C)C(=O)N1[C@H](C)CN([C@H](CCS(C)(=O)=O)c2c(F)cccc2F)C[C@@H]1C(=O)NCc1ccc(-c2ncccn2)cc1. The van der Waals surface area contributed by atoms with Gasteiger partial charge < -0.3 is 10.2 Å². The third kappa shape index (κ3) is 7.99. The van der Waals surface area contributed by atoms with Crippen LogP contribution >= 0.6 is 0 Å². The van der Waals surface area contributed by atoms with Crippen LogP contribution in [0.3, 0.4) is 0 Å². The van der Waals surface area contributed by atoms with Crippen LogP contribution in [0.4, 0.5) is 8.78 Å². The van der Waals surface area contributed by atoms with Crippen molar-refractivity contribution >= 4 is 21.7 Å². The highest BCUT2D eigenvalue weighted by atomic mass is 32.2. The number of hydrogen-bond acceptors (Lipinski definition) is 7. The molecule has 2 heterocycles. The van der Waals surface area contributed by atoms with E-state index in [9.17, 15) is 18.0 Å². The molecule has 0 unspecified atom stereocenters. The molecule has 230 valence electrons. The molecule has 0 saturated carbocycles. The summed E-state index contributed by atoms with van der Waals surface area (Å²) in [5.41, 5.74) is 1.39. The fraction of sp³-hybridized carbons (Fsp3) is 0.419.